The molecule has 0 saturated heterocycles. The first-order valence-electron chi connectivity index (χ1n) is 7.97. The summed E-state index contributed by atoms with van der Waals surface area (Å²) in [4.78, 5) is 16.3. The molecular weight excluding hydrogens is 314 g/mol. The number of nitrogens with zero attached hydrogens (tertiary/aromatic N) is 3. The first-order valence-corrected chi connectivity index (χ1v) is 7.97. The molecule has 0 unspecified atom stereocenters. The van der Waals surface area contributed by atoms with Crippen molar-refractivity contribution in [2.75, 3.05) is 10.6 Å². The highest BCUT2D eigenvalue weighted by Crippen LogP contribution is 2.20. The summed E-state index contributed by atoms with van der Waals surface area (Å²) in [6.07, 6.45) is 3.48. The van der Waals surface area contributed by atoms with Crippen LogP contribution in [0.15, 0.2) is 54.9 Å². The molecule has 2 heterocycles. The van der Waals surface area contributed by atoms with Crippen LogP contribution in [-0.4, -0.2) is 21.1 Å². The number of hydrogen-bond donors (Lipinski definition) is 2. The van der Waals surface area contributed by atoms with Crippen molar-refractivity contribution in [3.8, 4) is 0 Å². The van der Waals surface area contributed by atoms with Crippen molar-refractivity contribution in [2.24, 2.45) is 0 Å². The normalized spacial score (nSPS) is 10.3. The van der Waals surface area contributed by atoms with Crippen LogP contribution >= 0.6 is 0 Å². The maximum absolute atomic E-state index is 12.4. The number of benzene rings is 1. The van der Waals surface area contributed by atoms with Crippen LogP contribution in [0.4, 0.5) is 11.5 Å². The van der Waals surface area contributed by atoms with Crippen molar-refractivity contribution in [2.45, 2.75) is 20.4 Å². The Balaban J connectivity index is 1.64. The van der Waals surface area contributed by atoms with Gasteiger partial charge in [-0.2, -0.15) is 0 Å². The molecule has 126 valence electrons. The number of aromatic nitrogens is 3. The lowest BCUT2D eigenvalue weighted by molar-refractivity contribution is 0.102. The molecule has 25 heavy (non-hydrogen) atoms. The monoisotopic (exact) mass is 333 g/mol. The summed E-state index contributed by atoms with van der Waals surface area (Å²) in [5, 5.41) is 14.1. The Hall–Kier alpha value is -3.28. The van der Waals surface area contributed by atoms with E-state index in [1.807, 2.05) is 44.2 Å². The van der Waals surface area contributed by atoms with Gasteiger partial charge in [-0.1, -0.05) is 18.2 Å². The van der Waals surface area contributed by atoms with Gasteiger partial charge < -0.3 is 10.6 Å². The minimum Gasteiger partial charge on any atom is -0.365 e. The third kappa shape index (κ3) is 4.17. The van der Waals surface area contributed by atoms with Crippen molar-refractivity contribution in [3.05, 3.63) is 77.2 Å². The number of rotatable bonds is 5. The average Bonchev–Trinajstić information content (AvgIpc) is 2.64. The summed E-state index contributed by atoms with van der Waals surface area (Å²) in [5.41, 5.74) is 4.20. The predicted molar refractivity (Wildman–Crippen MR) is 97.5 cm³/mol. The second kappa shape index (κ2) is 7.53. The molecule has 0 bridgehead atoms. The Morgan fingerprint density at radius 2 is 1.68 bits per heavy atom. The number of hydrogen-bond acceptors (Lipinski definition) is 5. The van der Waals surface area contributed by atoms with Gasteiger partial charge in [0, 0.05) is 24.6 Å². The number of nitrogens with one attached hydrogen (secondary N) is 2. The highest BCUT2D eigenvalue weighted by molar-refractivity contribution is 6.03. The molecule has 0 spiro atoms. The van der Waals surface area contributed by atoms with Crippen molar-refractivity contribution < 1.29 is 4.79 Å². The van der Waals surface area contributed by atoms with E-state index in [4.69, 9.17) is 0 Å². The van der Waals surface area contributed by atoms with Crippen LogP contribution in [0.25, 0.3) is 0 Å². The number of carbonyl (C=O) groups is 1. The van der Waals surface area contributed by atoms with E-state index < -0.39 is 0 Å². The molecule has 1 amide bonds. The van der Waals surface area contributed by atoms with Crippen LogP contribution in [-0.2, 0) is 6.54 Å². The fourth-order valence-corrected chi connectivity index (χ4v) is 2.43. The van der Waals surface area contributed by atoms with Gasteiger partial charge in [0.15, 0.2) is 5.69 Å². The van der Waals surface area contributed by atoms with E-state index in [0.29, 0.717) is 12.4 Å². The standard InChI is InChI=1S/C19H19N5O/c1-13-4-3-5-14(2)18(13)22-19(25)16-6-7-17(24-23-16)21-12-15-8-10-20-11-9-15/h3-11H,12H2,1-2H3,(H,21,24)(H,22,25). The molecule has 0 aliphatic heterocycles. The Labute approximate surface area is 146 Å². The zero-order valence-corrected chi connectivity index (χ0v) is 14.2. The summed E-state index contributed by atoms with van der Waals surface area (Å²) in [6.45, 7) is 4.53. The number of aryl methyl sites for hydroxylation is 2. The fourth-order valence-electron chi connectivity index (χ4n) is 2.43. The number of para-hydroxylation sites is 1. The van der Waals surface area contributed by atoms with Gasteiger partial charge in [0.1, 0.15) is 5.82 Å². The van der Waals surface area contributed by atoms with Gasteiger partial charge in [0.05, 0.1) is 0 Å². The molecule has 6 nitrogen and oxygen atoms in total. The predicted octanol–water partition coefficient (Wildman–Crippen LogP) is 3.35. The number of anilines is 2. The quantitative estimate of drug-likeness (QED) is 0.748. The molecule has 0 atom stereocenters. The van der Waals surface area contributed by atoms with Gasteiger partial charge in [0.25, 0.3) is 5.91 Å². The molecule has 0 fully saturated rings. The van der Waals surface area contributed by atoms with E-state index in [1.54, 1.807) is 24.5 Å². The molecule has 0 radical (unpaired) electrons. The van der Waals surface area contributed by atoms with E-state index >= 15 is 0 Å². The minimum absolute atomic E-state index is 0.273. The van der Waals surface area contributed by atoms with Gasteiger partial charge in [-0.3, -0.25) is 9.78 Å². The Kier molecular flexibility index (Phi) is 4.99. The van der Waals surface area contributed by atoms with E-state index in [-0.39, 0.29) is 11.6 Å². The number of pyridine rings is 1. The molecule has 3 aromatic rings. The molecule has 2 aromatic heterocycles. The van der Waals surface area contributed by atoms with Gasteiger partial charge in [0.2, 0.25) is 0 Å². The summed E-state index contributed by atoms with van der Waals surface area (Å²) < 4.78 is 0. The highest BCUT2D eigenvalue weighted by atomic mass is 16.1. The van der Waals surface area contributed by atoms with Crippen molar-refractivity contribution in [1.29, 1.82) is 0 Å². The average molecular weight is 333 g/mol. The maximum Gasteiger partial charge on any atom is 0.276 e. The molecule has 1 aromatic carbocycles. The van der Waals surface area contributed by atoms with Crippen LogP contribution in [0.1, 0.15) is 27.2 Å². The summed E-state index contributed by atoms with van der Waals surface area (Å²) in [6, 6.07) is 13.1. The lowest BCUT2D eigenvalue weighted by Crippen LogP contribution is -2.16. The minimum atomic E-state index is -0.273. The van der Waals surface area contributed by atoms with Gasteiger partial charge in [-0.05, 0) is 54.8 Å². The zero-order chi connectivity index (χ0) is 17.6. The highest BCUT2D eigenvalue weighted by Gasteiger charge is 2.11. The first kappa shape index (κ1) is 16.6. The molecular formula is C19H19N5O. The second-order valence-corrected chi connectivity index (χ2v) is 5.73. The zero-order valence-electron chi connectivity index (χ0n) is 14.2. The van der Waals surface area contributed by atoms with Crippen molar-refractivity contribution >= 4 is 17.4 Å². The lowest BCUT2D eigenvalue weighted by Gasteiger charge is -2.11. The molecule has 0 saturated carbocycles. The largest absolute Gasteiger partial charge is 0.365 e. The Morgan fingerprint density at radius 1 is 0.960 bits per heavy atom. The van der Waals surface area contributed by atoms with Crippen LogP contribution in [0.2, 0.25) is 0 Å². The number of amides is 1. The second-order valence-electron chi connectivity index (χ2n) is 5.73. The van der Waals surface area contributed by atoms with Gasteiger partial charge in [-0.25, -0.2) is 0 Å². The summed E-state index contributed by atoms with van der Waals surface area (Å²) in [5.74, 6) is 0.339. The Bertz CT molecular complexity index is 842. The Morgan fingerprint density at radius 3 is 2.32 bits per heavy atom. The van der Waals surface area contributed by atoms with Crippen LogP contribution in [0, 0.1) is 13.8 Å². The smallest absolute Gasteiger partial charge is 0.276 e. The van der Waals surface area contributed by atoms with Gasteiger partial charge in [-0.15, -0.1) is 10.2 Å². The van der Waals surface area contributed by atoms with Gasteiger partial charge >= 0.3 is 0 Å². The first-order chi connectivity index (χ1) is 12.1. The third-order valence-corrected chi connectivity index (χ3v) is 3.84. The van der Waals surface area contributed by atoms with Crippen molar-refractivity contribution in [3.63, 3.8) is 0 Å². The van der Waals surface area contributed by atoms with Crippen LogP contribution in [0.3, 0.4) is 0 Å². The third-order valence-electron chi connectivity index (χ3n) is 3.84. The molecule has 6 heteroatoms. The van der Waals surface area contributed by atoms with Crippen molar-refractivity contribution in [1.82, 2.24) is 15.2 Å². The summed E-state index contributed by atoms with van der Waals surface area (Å²) >= 11 is 0. The van der Waals surface area contributed by atoms with E-state index in [2.05, 4.69) is 25.8 Å². The fraction of sp³-hybridized carbons (Fsp3) is 0.158. The number of carbonyl (C=O) groups excluding carboxylic acids is 1. The topological polar surface area (TPSA) is 79.8 Å². The van der Waals surface area contributed by atoms with Crippen LogP contribution in [0.5, 0.6) is 0 Å². The van der Waals surface area contributed by atoms with E-state index in [1.165, 1.54) is 0 Å². The maximum atomic E-state index is 12.4. The molecule has 2 N–H and O–H groups in total. The van der Waals surface area contributed by atoms with E-state index in [9.17, 15) is 4.79 Å². The van der Waals surface area contributed by atoms with E-state index in [0.717, 1.165) is 22.4 Å². The molecule has 0 aliphatic carbocycles. The molecule has 0 aliphatic rings. The molecule has 3 rings (SSSR count). The lowest BCUT2D eigenvalue weighted by atomic mass is 10.1. The SMILES string of the molecule is Cc1cccc(C)c1NC(=O)c1ccc(NCc2ccncc2)nn1. The summed E-state index contributed by atoms with van der Waals surface area (Å²) in [7, 11) is 0. The van der Waals surface area contributed by atoms with Crippen LogP contribution < -0.4 is 10.6 Å².